The Morgan fingerprint density at radius 1 is 1.26 bits per heavy atom. The highest BCUT2D eigenvalue weighted by Gasteiger charge is 2.26. The van der Waals surface area contributed by atoms with Crippen LogP contribution in [0.4, 0.5) is 0 Å². The average Bonchev–Trinajstić information content (AvgIpc) is 2.51. The summed E-state index contributed by atoms with van der Waals surface area (Å²) in [6.07, 6.45) is 1.77. The molecule has 23 heavy (non-hydrogen) atoms. The van der Waals surface area contributed by atoms with Gasteiger partial charge in [-0.15, -0.1) is 23.2 Å². The summed E-state index contributed by atoms with van der Waals surface area (Å²) in [7, 11) is -3.43. The molecule has 0 radical (unpaired) electrons. The third-order valence-corrected chi connectivity index (χ3v) is 4.76. The number of nitrogens with one attached hydrogen (secondary N) is 1. The van der Waals surface area contributed by atoms with E-state index in [0.29, 0.717) is 12.0 Å². The van der Waals surface area contributed by atoms with Gasteiger partial charge in [0.25, 0.3) is 0 Å². The Hall–Kier alpha value is -0.590. The Morgan fingerprint density at radius 2 is 1.83 bits per heavy atom. The van der Waals surface area contributed by atoms with Gasteiger partial charge in [0.05, 0.1) is 26.0 Å². The van der Waals surface area contributed by atoms with Crippen LogP contribution in [0.1, 0.15) is 13.8 Å². The summed E-state index contributed by atoms with van der Waals surface area (Å²) in [5.74, 6) is -0.290. The van der Waals surface area contributed by atoms with Crippen molar-refractivity contribution in [2.45, 2.75) is 19.9 Å². The van der Waals surface area contributed by atoms with Crippen molar-refractivity contribution >= 4 is 43.2 Å². The van der Waals surface area contributed by atoms with E-state index in [1.165, 1.54) is 6.08 Å². The topological polar surface area (TPSA) is 90.9 Å². The van der Waals surface area contributed by atoms with Gasteiger partial charge in [-0.3, -0.25) is 9.36 Å². The van der Waals surface area contributed by atoms with Crippen LogP contribution >= 0.6 is 30.8 Å². The van der Waals surface area contributed by atoms with Crippen LogP contribution in [0.15, 0.2) is 11.6 Å². The summed E-state index contributed by atoms with van der Waals surface area (Å²) < 4.78 is 27.8. The van der Waals surface area contributed by atoms with Gasteiger partial charge in [0.2, 0.25) is 6.41 Å². The van der Waals surface area contributed by atoms with Crippen molar-refractivity contribution in [2.24, 2.45) is 0 Å². The summed E-state index contributed by atoms with van der Waals surface area (Å²) in [5.41, 5.74) is 0.532. The van der Waals surface area contributed by atoms with E-state index in [2.05, 4.69) is 5.32 Å². The largest absolute Gasteiger partial charge is 0.464 e. The molecule has 0 aliphatic carbocycles. The van der Waals surface area contributed by atoms with E-state index in [4.69, 9.17) is 37.0 Å². The van der Waals surface area contributed by atoms with E-state index in [9.17, 15) is 14.2 Å². The maximum Gasteiger partial charge on any atom is 0.334 e. The molecule has 1 N–H and O–H groups in total. The number of amides is 1. The first kappa shape index (κ1) is 22.4. The first-order valence-electron chi connectivity index (χ1n) is 6.96. The standard InChI is InChI=1S/C13H22Cl2NO6P/c1-3-20-13(18)12(16-10-17)8-11(2)9-23(19,21-6-4-14)22-7-5-15/h8,10,12H,3-7,9H2,1-2H3,(H,16,17). The van der Waals surface area contributed by atoms with Gasteiger partial charge in [-0.05, 0) is 13.8 Å². The zero-order valence-corrected chi connectivity index (χ0v) is 15.5. The monoisotopic (exact) mass is 389 g/mol. The minimum absolute atomic E-state index is 0.0578. The minimum atomic E-state index is -3.43. The molecule has 1 amide bonds. The van der Waals surface area contributed by atoms with Crippen LogP contribution in [0.2, 0.25) is 0 Å². The molecule has 0 aromatic heterocycles. The maximum absolute atomic E-state index is 12.6. The quantitative estimate of drug-likeness (QED) is 0.171. The fourth-order valence-corrected chi connectivity index (χ4v) is 3.69. The number of hydrogen-bond acceptors (Lipinski definition) is 6. The molecule has 0 heterocycles. The summed E-state index contributed by atoms with van der Waals surface area (Å²) in [6, 6.07) is -0.970. The van der Waals surface area contributed by atoms with E-state index < -0.39 is 19.6 Å². The molecule has 0 aliphatic rings. The second kappa shape index (κ2) is 12.8. The lowest BCUT2D eigenvalue weighted by Crippen LogP contribution is -2.36. The molecule has 0 aromatic carbocycles. The van der Waals surface area contributed by atoms with Crippen molar-refractivity contribution in [3.8, 4) is 0 Å². The first-order chi connectivity index (χ1) is 10.9. The summed E-state index contributed by atoms with van der Waals surface area (Å²) in [6.45, 7) is 3.59. The van der Waals surface area contributed by atoms with Gasteiger partial charge in [-0.1, -0.05) is 11.6 Å². The first-order valence-corrected chi connectivity index (χ1v) is 9.75. The number of carbonyl (C=O) groups excluding carboxylic acids is 2. The van der Waals surface area contributed by atoms with Crippen molar-refractivity contribution in [2.75, 3.05) is 37.7 Å². The zero-order valence-electron chi connectivity index (χ0n) is 13.1. The van der Waals surface area contributed by atoms with E-state index in [-0.39, 0.29) is 37.7 Å². The van der Waals surface area contributed by atoms with Crippen LogP contribution in [0.5, 0.6) is 0 Å². The molecule has 0 saturated carbocycles. The smallest absolute Gasteiger partial charge is 0.334 e. The molecule has 0 fully saturated rings. The van der Waals surface area contributed by atoms with E-state index >= 15 is 0 Å². The van der Waals surface area contributed by atoms with Crippen LogP contribution in [0, 0.1) is 0 Å². The van der Waals surface area contributed by atoms with E-state index in [1.54, 1.807) is 13.8 Å². The molecule has 0 spiro atoms. The maximum atomic E-state index is 12.6. The van der Waals surface area contributed by atoms with Gasteiger partial charge >= 0.3 is 13.6 Å². The van der Waals surface area contributed by atoms with Crippen molar-refractivity contribution < 1.29 is 27.9 Å². The molecule has 1 atom stereocenters. The predicted octanol–water partition coefficient (Wildman–Crippen LogP) is 2.31. The minimum Gasteiger partial charge on any atom is -0.464 e. The highest BCUT2D eigenvalue weighted by Crippen LogP contribution is 2.49. The fraction of sp³-hybridized carbons (Fsp3) is 0.692. The lowest BCUT2D eigenvalue weighted by atomic mass is 10.2. The number of allylic oxidation sites excluding steroid dienone is 1. The van der Waals surface area contributed by atoms with Gasteiger partial charge < -0.3 is 19.1 Å². The molecule has 0 bridgehead atoms. The van der Waals surface area contributed by atoms with E-state index in [1.807, 2.05) is 0 Å². The summed E-state index contributed by atoms with van der Waals surface area (Å²) >= 11 is 11.1. The van der Waals surface area contributed by atoms with Crippen molar-refractivity contribution in [1.82, 2.24) is 5.32 Å². The van der Waals surface area contributed by atoms with Crippen molar-refractivity contribution in [3.63, 3.8) is 0 Å². The Labute approximate surface area is 146 Å². The lowest BCUT2D eigenvalue weighted by molar-refractivity contribution is -0.145. The highest BCUT2D eigenvalue weighted by molar-refractivity contribution is 7.54. The SMILES string of the molecule is CCOC(=O)C(C=C(C)CP(=O)(OCCCl)OCCCl)NC=O. The van der Waals surface area contributed by atoms with Crippen LogP contribution in [0.25, 0.3) is 0 Å². The number of hydrogen-bond donors (Lipinski definition) is 1. The predicted molar refractivity (Wildman–Crippen MR) is 89.2 cm³/mol. The number of ether oxygens (including phenoxy) is 1. The molecule has 0 rings (SSSR count). The van der Waals surface area contributed by atoms with Crippen LogP contribution in [0.3, 0.4) is 0 Å². The van der Waals surface area contributed by atoms with Gasteiger partial charge in [0, 0.05) is 11.8 Å². The van der Waals surface area contributed by atoms with Crippen molar-refractivity contribution in [1.29, 1.82) is 0 Å². The Bertz CT molecular complexity index is 434. The van der Waals surface area contributed by atoms with Gasteiger partial charge in [0.1, 0.15) is 6.04 Å². The number of halogens is 2. The molecule has 0 aliphatic heterocycles. The molecular weight excluding hydrogens is 368 g/mol. The van der Waals surface area contributed by atoms with Gasteiger partial charge in [-0.2, -0.15) is 0 Å². The van der Waals surface area contributed by atoms with Crippen molar-refractivity contribution in [3.05, 3.63) is 11.6 Å². The molecule has 10 heteroatoms. The summed E-state index contributed by atoms with van der Waals surface area (Å²) in [5, 5.41) is 2.33. The van der Waals surface area contributed by atoms with Crippen LogP contribution in [-0.2, 0) is 27.9 Å². The number of rotatable bonds is 13. The zero-order chi connectivity index (χ0) is 17.7. The highest BCUT2D eigenvalue weighted by atomic mass is 35.5. The molecule has 134 valence electrons. The normalized spacial score (nSPS) is 13.5. The number of esters is 1. The second-order valence-electron chi connectivity index (χ2n) is 4.34. The van der Waals surface area contributed by atoms with Gasteiger partial charge in [0.15, 0.2) is 0 Å². The lowest BCUT2D eigenvalue weighted by Gasteiger charge is -2.19. The summed E-state index contributed by atoms with van der Waals surface area (Å²) in [4.78, 5) is 22.3. The third kappa shape index (κ3) is 9.99. The Morgan fingerprint density at radius 3 is 2.26 bits per heavy atom. The third-order valence-electron chi connectivity index (χ3n) is 2.41. The Balaban J connectivity index is 5.02. The van der Waals surface area contributed by atoms with E-state index in [0.717, 1.165) is 0 Å². The second-order valence-corrected chi connectivity index (χ2v) is 7.15. The average molecular weight is 390 g/mol. The number of alkyl halides is 2. The molecule has 0 saturated heterocycles. The molecule has 0 aromatic rings. The van der Waals surface area contributed by atoms with Crippen LogP contribution < -0.4 is 5.32 Å². The molecular formula is C13H22Cl2NO6P. The number of carbonyl (C=O) groups is 2. The van der Waals surface area contributed by atoms with Gasteiger partial charge in [-0.25, -0.2) is 4.79 Å². The molecule has 7 nitrogen and oxygen atoms in total. The Kier molecular flexibility index (Phi) is 12.5. The molecule has 1 unspecified atom stereocenters. The fourth-order valence-electron chi connectivity index (χ4n) is 1.61. The van der Waals surface area contributed by atoms with Crippen LogP contribution in [-0.4, -0.2) is 56.2 Å².